The van der Waals surface area contributed by atoms with Gasteiger partial charge in [-0.05, 0) is 61.4 Å². The minimum atomic E-state index is -4.34. The van der Waals surface area contributed by atoms with Crippen LogP contribution in [0.5, 0.6) is 0 Å². The molecule has 0 aliphatic rings. The van der Waals surface area contributed by atoms with E-state index >= 15 is 0 Å². The first-order valence-electron chi connectivity index (χ1n) is 18.2. The first-order chi connectivity index (χ1) is 25.9. The molecule has 0 aliphatic carbocycles. The maximum Gasteiger partial charge on any atom is 0.408 e. The lowest BCUT2D eigenvalue weighted by molar-refractivity contribution is -0.142. The Bertz CT molecular complexity index is 1650. The average Bonchev–Trinajstić information content (AvgIpc) is 3.51. The second-order valence-corrected chi connectivity index (χ2v) is 25.7. The van der Waals surface area contributed by atoms with Gasteiger partial charge >= 0.3 is 12.4 Å². The topological polar surface area (TPSA) is 141 Å². The third kappa shape index (κ3) is 20.7. The zero-order valence-electron chi connectivity index (χ0n) is 35.6. The fourth-order valence-electron chi connectivity index (χ4n) is 3.75. The highest BCUT2D eigenvalue weighted by atomic mass is 28.4. The number of hydrogen-bond acceptors (Lipinski definition) is 10. The summed E-state index contributed by atoms with van der Waals surface area (Å²) in [6, 6.07) is 8.90. The maximum atomic E-state index is 12.8. The zero-order valence-corrected chi connectivity index (χ0v) is 37.6. The molecule has 324 valence electrons. The van der Waals surface area contributed by atoms with E-state index in [1.165, 1.54) is 17.7 Å². The van der Waals surface area contributed by atoms with Crippen LogP contribution in [0.2, 0.25) is 36.3 Å². The molecule has 0 amide bonds. The Hall–Kier alpha value is -3.47. The van der Waals surface area contributed by atoms with Crippen LogP contribution in [0.4, 0.5) is 26.3 Å². The van der Waals surface area contributed by atoms with E-state index < -0.39 is 42.1 Å². The summed E-state index contributed by atoms with van der Waals surface area (Å²) in [5, 5.41) is 11.6. The lowest BCUT2D eigenvalue weighted by Crippen LogP contribution is -2.40. The normalized spacial score (nSPS) is 12.5. The molecule has 0 saturated heterocycles. The van der Waals surface area contributed by atoms with Crippen LogP contribution in [-0.4, -0.2) is 91.8 Å². The lowest BCUT2D eigenvalue weighted by atomic mass is 10.1. The molecule has 3 aromatic rings. The van der Waals surface area contributed by atoms with E-state index in [9.17, 15) is 31.1 Å². The Morgan fingerprint density at radius 2 is 1.32 bits per heavy atom. The highest BCUT2D eigenvalue weighted by Crippen LogP contribution is 2.38. The number of hydrogen-bond donors (Lipinski definition) is 3. The first kappa shape index (κ1) is 53.5. The number of aliphatic hydroxyl groups is 1. The number of carbonyl (C=O) groups is 1. The van der Waals surface area contributed by atoms with Crippen molar-refractivity contribution >= 4 is 22.4 Å². The van der Waals surface area contributed by atoms with Gasteiger partial charge in [0.1, 0.15) is 18.8 Å². The van der Waals surface area contributed by atoms with Crippen molar-refractivity contribution in [1.29, 1.82) is 0 Å². The highest BCUT2D eigenvalue weighted by Gasteiger charge is 2.38. The number of nitrogens with one attached hydrogen (secondary N) is 1. The highest BCUT2D eigenvalue weighted by molar-refractivity contribution is 6.74. The van der Waals surface area contributed by atoms with E-state index in [1.54, 1.807) is 37.7 Å². The molecule has 57 heavy (non-hydrogen) atoms. The van der Waals surface area contributed by atoms with Gasteiger partial charge in [-0.25, -0.2) is 0 Å². The molecule has 0 bridgehead atoms. The molecule has 3 aromatic heterocycles. The largest absolute Gasteiger partial charge is 0.412 e. The second kappa shape index (κ2) is 23.2. The number of rotatable bonds is 12. The first-order valence-corrected chi connectivity index (χ1v) is 24.0. The van der Waals surface area contributed by atoms with E-state index in [2.05, 4.69) is 88.6 Å². The third-order valence-electron chi connectivity index (χ3n) is 8.92. The molecule has 0 atom stereocenters. The van der Waals surface area contributed by atoms with Crippen LogP contribution < -0.4 is 11.3 Å². The summed E-state index contributed by atoms with van der Waals surface area (Å²) < 4.78 is 84.3. The summed E-state index contributed by atoms with van der Waals surface area (Å²) in [4.78, 5) is 22.6. The number of aromatic nitrogens is 4. The molecule has 4 N–H and O–H groups in total. The van der Waals surface area contributed by atoms with Crippen molar-refractivity contribution in [2.24, 2.45) is 5.84 Å². The Morgan fingerprint density at radius 3 is 1.74 bits per heavy atom. The fraction of sp³-hybridized carbons (Fsp3) is 0.579. The van der Waals surface area contributed by atoms with Gasteiger partial charge in [0, 0.05) is 62.7 Å². The number of carbonyl (C=O) groups excluding carboxylic acids is 1. The summed E-state index contributed by atoms with van der Waals surface area (Å²) in [6.07, 6.45) is -0.688. The van der Waals surface area contributed by atoms with Gasteiger partial charge < -0.3 is 18.9 Å². The van der Waals surface area contributed by atoms with Gasteiger partial charge in [0.25, 0.3) is 0 Å². The predicted octanol–water partition coefficient (Wildman–Crippen LogP) is 8.90. The minimum Gasteiger partial charge on any atom is -0.412 e. The van der Waals surface area contributed by atoms with Crippen molar-refractivity contribution in [3.05, 3.63) is 78.0 Å². The summed E-state index contributed by atoms with van der Waals surface area (Å²) in [5.41, 5.74) is 4.38. The van der Waals surface area contributed by atoms with E-state index in [4.69, 9.17) is 14.0 Å². The summed E-state index contributed by atoms with van der Waals surface area (Å²) in [7, 11) is -0.0673. The number of pyridine rings is 2. The molecule has 0 radical (unpaired) electrons. The number of hydrazine groups is 1. The summed E-state index contributed by atoms with van der Waals surface area (Å²) >= 11 is 0. The smallest absolute Gasteiger partial charge is 0.408 e. The van der Waals surface area contributed by atoms with E-state index in [-0.39, 0.29) is 22.5 Å². The number of halogens is 6. The van der Waals surface area contributed by atoms with Crippen LogP contribution in [0.15, 0.2) is 61.2 Å². The molecule has 0 fully saturated rings. The van der Waals surface area contributed by atoms with Gasteiger partial charge in [-0.2, -0.15) is 31.4 Å². The number of alkyl halides is 6. The van der Waals surface area contributed by atoms with Crippen molar-refractivity contribution < 1.29 is 45.1 Å². The molecule has 3 rings (SSSR count). The third-order valence-corrected chi connectivity index (χ3v) is 17.9. The Kier molecular flexibility index (Phi) is 21.8. The Morgan fingerprint density at radius 1 is 0.842 bits per heavy atom. The molecule has 0 spiro atoms. The molecule has 0 aromatic carbocycles. The number of ketones is 1. The van der Waals surface area contributed by atoms with Gasteiger partial charge in [0.15, 0.2) is 16.6 Å². The summed E-state index contributed by atoms with van der Waals surface area (Å²) in [5.74, 6) is 4.25. The van der Waals surface area contributed by atoms with Crippen LogP contribution in [0.1, 0.15) is 70.1 Å². The van der Waals surface area contributed by atoms with Crippen molar-refractivity contribution in [2.75, 3.05) is 27.2 Å². The molecule has 11 nitrogen and oxygen atoms in total. The van der Waals surface area contributed by atoms with Crippen molar-refractivity contribution in [3.63, 3.8) is 0 Å². The molecule has 0 unspecified atom stereocenters. The minimum absolute atomic E-state index is 0.0490. The molecule has 0 saturated carbocycles. The van der Waals surface area contributed by atoms with E-state index in [1.807, 2.05) is 37.2 Å². The fourth-order valence-corrected chi connectivity index (χ4v) is 5.65. The maximum absolute atomic E-state index is 12.8. The van der Waals surface area contributed by atoms with Crippen molar-refractivity contribution in [3.8, 4) is 11.4 Å². The van der Waals surface area contributed by atoms with Crippen LogP contribution in [-0.2, 0) is 28.6 Å². The van der Waals surface area contributed by atoms with Gasteiger partial charge in [-0.1, -0.05) is 53.7 Å². The molecule has 3 heterocycles. The molecular formula is C38H63F6N7O4Si2. The number of nitrogens with two attached hydrogens (primary N) is 1. The average molecular weight is 852 g/mol. The molecule has 0 aliphatic heterocycles. The van der Waals surface area contributed by atoms with Crippen LogP contribution in [0.3, 0.4) is 0 Å². The van der Waals surface area contributed by atoms with Crippen LogP contribution in [0, 0.1) is 0 Å². The van der Waals surface area contributed by atoms with Crippen molar-refractivity contribution in [1.82, 2.24) is 30.1 Å². The number of nitrogens with zero attached hydrogens (tertiary/aromatic N) is 5. The van der Waals surface area contributed by atoms with Crippen molar-refractivity contribution in [2.45, 2.75) is 117 Å². The molecule has 19 heteroatoms. The van der Waals surface area contributed by atoms with Crippen LogP contribution in [0.25, 0.3) is 11.4 Å². The van der Waals surface area contributed by atoms with Gasteiger partial charge in [-0.3, -0.25) is 30.7 Å². The second-order valence-electron chi connectivity index (χ2n) is 16.1. The zero-order chi connectivity index (χ0) is 44.5. The predicted molar refractivity (Wildman–Crippen MR) is 218 cm³/mol. The lowest BCUT2D eigenvalue weighted by Gasteiger charge is -2.36. The Balaban J connectivity index is 0.000000895. The molecular weight excluding hydrogens is 789 g/mol. The standard InChI is InChI=1S/C17H24F3N3OSi.C17H28N2O2Si.C2H5F3N2.C2H6O/c1-16(2,3)25(4,5)24-11-13-7-6-9-21-15(13)14-8-10-22-23(14)12-17(18,19)20;1-17(2,3)22(6,7)21-13-14-9-8-11-18-16(14)15(20)10-12-19(4)5;3-2(4,5)1-7-6;1-2-3/h6-10H,11-12H2,1-5H3;8-12H,13H2,1-7H3;7H,1,6H2;3H,2H2,1H3/b;12-10+;;. The van der Waals surface area contributed by atoms with E-state index in [0.29, 0.717) is 30.3 Å². The monoisotopic (exact) mass is 851 g/mol. The quantitative estimate of drug-likeness (QED) is 0.0404. The van der Waals surface area contributed by atoms with Gasteiger partial charge in [0.05, 0.1) is 24.6 Å². The van der Waals surface area contributed by atoms with Gasteiger partial charge in [0.2, 0.25) is 5.78 Å². The van der Waals surface area contributed by atoms with Gasteiger partial charge in [-0.15, -0.1) is 0 Å². The Labute approximate surface area is 336 Å². The van der Waals surface area contributed by atoms with Crippen LogP contribution >= 0.6 is 0 Å². The number of allylic oxidation sites excluding steroid dienone is 1. The number of aliphatic hydroxyl groups excluding tert-OH is 1. The van der Waals surface area contributed by atoms with E-state index in [0.717, 1.165) is 15.8 Å². The summed E-state index contributed by atoms with van der Waals surface area (Å²) in [6.45, 7) is 22.1. The SMILES string of the molecule is CC(C)(C)[Si](C)(C)OCc1cccnc1-c1ccnn1CC(F)(F)F.CCO.CN(C)/C=C/C(=O)c1ncccc1CO[Si](C)(C)C(C)(C)C.NNCC(F)(F)F.